The Hall–Kier alpha value is -3.49. The first-order valence-electron chi connectivity index (χ1n) is 11.5. The zero-order valence-corrected chi connectivity index (χ0v) is 23.4. The summed E-state index contributed by atoms with van der Waals surface area (Å²) in [4.78, 5) is 22.1. The fraction of sp³-hybridized carbons (Fsp3) is 0.200. The van der Waals surface area contributed by atoms with Gasteiger partial charge in [0, 0.05) is 11.6 Å². The van der Waals surface area contributed by atoms with Crippen LogP contribution in [0.15, 0.2) is 84.9 Å². The first-order chi connectivity index (χ1) is 18.0. The van der Waals surface area contributed by atoms with Crippen LogP contribution in [0.4, 0.5) is 17.6 Å². The molecule has 4 aromatic rings. The SMILES string of the molecule is CC(C)C(=O)Oc1ccc(F)[c-]c1F.CC(C)C(=O)Oc1ccc(F)[c-]c1F.[Ti+4].c1cc[cH-]c1.c1cc[cH-]c1. The molecule has 0 bridgehead atoms. The number of carbonyl (C=O) groups is 2. The molecule has 0 amide bonds. The molecule has 0 aliphatic rings. The van der Waals surface area contributed by atoms with E-state index in [1.165, 1.54) is 0 Å². The van der Waals surface area contributed by atoms with Gasteiger partial charge in [-0.1, -0.05) is 27.7 Å². The first kappa shape index (κ1) is 35.5. The fourth-order valence-corrected chi connectivity index (χ4v) is 2.11. The van der Waals surface area contributed by atoms with Crippen LogP contribution in [0, 0.1) is 47.2 Å². The van der Waals surface area contributed by atoms with E-state index in [0.717, 1.165) is 24.3 Å². The van der Waals surface area contributed by atoms with Gasteiger partial charge in [-0.05, 0) is 0 Å². The Bertz CT molecular complexity index is 1080. The Balaban J connectivity index is 0.000000537. The molecule has 204 valence electrons. The van der Waals surface area contributed by atoms with Crippen LogP contribution in [0.5, 0.6) is 11.5 Å². The van der Waals surface area contributed by atoms with E-state index < -0.39 is 35.2 Å². The van der Waals surface area contributed by atoms with Crippen LogP contribution in [-0.2, 0) is 31.3 Å². The molecule has 4 rings (SSSR count). The van der Waals surface area contributed by atoms with Crippen molar-refractivity contribution in [3.05, 3.63) is 120 Å². The molecular formula is C30H28F4O4Ti. The normalized spacial score (nSPS) is 9.49. The molecule has 0 unspecified atom stereocenters. The van der Waals surface area contributed by atoms with Crippen molar-refractivity contribution in [1.82, 2.24) is 0 Å². The summed E-state index contributed by atoms with van der Waals surface area (Å²) in [5.74, 6) is -6.11. The van der Waals surface area contributed by atoms with Crippen LogP contribution in [0.1, 0.15) is 27.7 Å². The van der Waals surface area contributed by atoms with Gasteiger partial charge in [-0.15, -0.1) is 36.4 Å². The van der Waals surface area contributed by atoms with E-state index in [1.54, 1.807) is 39.8 Å². The van der Waals surface area contributed by atoms with E-state index in [-0.39, 0.29) is 45.1 Å². The van der Waals surface area contributed by atoms with E-state index in [1.807, 2.05) is 60.7 Å². The van der Waals surface area contributed by atoms with Crippen molar-refractivity contribution in [3.8, 4) is 11.5 Å². The largest absolute Gasteiger partial charge is 4.00 e. The van der Waals surface area contributed by atoms with E-state index in [2.05, 4.69) is 9.47 Å². The topological polar surface area (TPSA) is 52.6 Å². The van der Waals surface area contributed by atoms with Crippen LogP contribution in [0.3, 0.4) is 0 Å². The molecule has 4 nitrogen and oxygen atoms in total. The summed E-state index contributed by atoms with van der Waals surface area (Å²) in [6.07, 6.45) is 0. The van der Waals surface area contributed by atoms with Crippen molar-refractivity contribution < 1.29 is 58.3 Å². The van der Waals surface area contributed by atoms with Crippen LogP contribution in [-0.4, -0.2) is 11.9 Å². The van der Waals surface area contributed by atoms with Crippen molar-refractivity contribution in [2.75, 3.05) is 0 Å². The van der Waals surface area contributed by atoms with E-state index in [4.69, 9.17) is 0 Å². The van der Waals surface area contributed by atoms with Gasteiger partial charge in [-0.25, -0.2) is 41.8 Å². The van der Waals surface area contributed by atoms with Gasteiger partial charge in [0.1, 0.15) is 0 Å². The second kappa shape index (κ2) is 19.6. The maximum absolute atomic E-state index is 12.9. The van der Waals surface area contributed by atoms with Crippen molar-refractivity contribution in [2.45, 2.75) is 27.7 Å². The van der Waals surface area contributed by atoms with Gasteiger partial charge in [-0.2, -0.15) is 36.4 Å². The summed E-state index contributed by atoms with van der Waals surface area (Å²) < 4.78 is 59.9. The van der Waals surface area contributed by atoms with Gasteiger partial charge in [-0.3, -0.25) is 9.59 Å². The standard InChI is InChI=1S/2C10H9F2O2.2C5H5.Ti/c2*1-6(2)10(13)14-9-4-3-7(11)5-8(9)12;2*1-2-4-5-3-1;/h2*3-4,6H,1-2H3;2*1-5H;/q4*-1;+4. The molecular weight excluding hydrogens is 548 g/mol. The molecule has 0 atom stereocenters. The Labute approximate surface area is 241 Å². The number of carbonyl (C=O) groups excluding carboxylic acids is 2. The van der Waals surface area contributed by atoms with Crippen molar-refractivity contribution in [2.24, 2.45) is 11.8 Å². The summed E-state index contributed by atoms with van der Waals surface area (Å²) in [5.41, 5.74) is 0. The van der Waals surface area contributed by atoms with Gasteiger partial charge >= 0.3 is 33.7 Å². The minimum absolute atomic E-state index is 0. The Morgan fingerprint density at radius 2 is 0.949 bits per heavy atom. The predicted molar refractivity (Wildman–Crippen MR) is 135 cm³/mol. The third-order valence-electron chi connectivity index (χ3n) is 4.13. The molecule has 9 heteroatoms. The van der Waals surface area contributed by atoms with Gasteiger partial charge < -0.3 is 9.47 Å². The molecule has 0 fully saturated rings. The molecule has 0 aromatic heterocycles. The maximum Gasteiger partial charge on any atom is 4.00 e. The van der Waals surface area contributed by atoms with E-state index in [0.29, 0.717) is 0 Å². The molecule has 0 heterocycles. The summed E-state index contributed by atoms with van der Waals surface area (Å²) in [6, 6.07) is 27.6. The molecule has 0 saturated carbocycles. The smallest absolute Gasteiger partial charge is 0.487 e. The molecule has 0 aliphatic carbocycles. The number of esters is 2. The number of halogens is 4. The van der Waals surface area contributed by atoms with Crippen LogP contribution in [0.2, 0.25) is 0 Å². The van der Waals surface area contributed by atoms with Gasteiger partial charge in [0.2, 0.25) is 0 Å². The molecule has 0 aliphatic heterocycles. The first-order valence-corrected chi connectivity index (χ1v) is 11.5. The van der Waals surface area contributed by atoms with E-state index in [9.17, 15) is 27.2 Å². The molecule has 4 aromatic carbocycles. The number of hydrogen-bond acceptors (Lipinski definition) is 4. The minimum atomic E-state index is -1.00. The van der Waals surface area contributed by atoms with Crippen molar-refractivity contribution >= 4 is 11.9 Å². The van der Waals surface area contributed by atoms with Gasteiger partial charge in [0.25, 0.3) is 0 Å². The summed E-state index contributed by atoms with van der Waals surface area (Å²) in [7, 11) is 0. The Kier molecular flexibility index (Phi) is 17.8. The second-order valence-electron chi connectivity index (χ2n) is 8.05. The second-order valence-corrected chi connectivity index (χ2v) is 8.05. The Morgan fingerprint density at radius 1 is 0.641 bits per heavy atom. The van der Waals surface area contributed by atoms with Crippen LogP contribution in [0.25, 0.3) is 0 Å². The molecule has 0 N–H and O–H groups in total. The maximum atomic E-state index is 12.9. The monoisotopic (exact) mass is 576 g/mol. The minimum Gasteiger partial charge on any atom is -0.487 e. The molecule has 0 spiro atoms. The zero-order valence-electron chi connectivity index (χ0n) is 21.9. The molecule has 0 saturated heterocycles. The predicted octanol–water partition coefficient (Wildman–Crippen LogP) is 7.46. The summed E-state index contributed by atoms with van der Waals surface area (Å²) in [5, 5.41) is 0. The van der Waals surface area contributed by atoms with Crippen molar-refractivity contribution in [3.63, 3.8) is 0 Å². The number of ether oxygens (including phenoxy) is 2. The van der Waals surface area contributed by atoms with Crippen LogP contribution < -0.4 is 9.47 Å². The number of rotatable bonds is 4. The van der Waals surface area contributed by atoms with Crippen molar-refractivity contribution in [1.29, 1.82) is 0 Å². The fourth-order valence-electron chi connectivity index (χ4n) is 2.11. The number of benzene rings is 2. The van der Waals surface area contributed by atoms with Gasteiger partial charge in [0.05, 0.1) is 35.0 Å². The van der Waals surface area contributed by atoms with E-state index >= 15 is 0 Å². The van der Waals surface area contributed by atoms with Gasteiger partial charge in [0.15, 0.2) is 0 Å². The molecule has 0 radical (unpaired) electrons. The average Bonchev–Trinajstić information content (AvgIpc) is 3.62. The Morgan fingerprint density at radius 3 is 1.15 bits per heavy atom. The third kappa shape index (κ3) is 15.5. The molecule has 39 heavy (non-hydrogen) atoms. The summed E-state index contributed by atoms with van der Waals surface area (Å²) >= 11 is 0. The van der Waals surface area contributed by atoms with Crippen LogP contribution >= 0.6 is 0 Å². The number of hydrogen-bond donors (Lipinski definition) is 0. The zero-order chi connectivity index (χ0) is 28.5. The summed E-state index contributed by atoms with van der Waals surface area (Å²) in [6.45, 7) is 6.47. The average molecular weight is 576 g/mol. The quantitative estimate of drug-likeness (QED) is 0.0833. The third-order valence-corrected chi connectivity index (χ3v) is 4.13.